The highest BCUT2D eigenvalue weighted by Gasteiger charge is 2.36. The Balaban J connectivity index is 1.10. The summed E-state index contributed by atoms with van der Waals surface area (Å²) < 4.78 is 23.2. The Bertz CT molecular complexity index is 1470. The largest absolute Gasteiger partial charge is 0.493 e. The Morgan fingerprint density at radius 3 is 2.22 bits per heavy atom. The van der Waals surface area contributed by atoms with Crippen molar-refractivity contribution in [3.05, 3.63) is 59.7 Å². The van der Waals surface area contributed by atoms with Crippen molar-refractivity contribution >= 4 is 29.4 Å². The van der Waals surface area contributed by atoms with Gasteiger partial charge in [0.05, 0.1) is 62.0 Å². The molecule has 2 saturated heterocycles. The number of anilines is 1. The van der Waals surface area contributed by atoms with Crippen molar-refractivity contribution in [3.8, 4) is 23.0 Å². The molecular weight excluding hydrogens is 524 g/mol. The van der Waals surface area contributed by atoms with Crippen LogP contribution in [0.1, 0.15) is 40.0 Å². The molecule has 0 unspecified atom stereocenters. The summed E-state index contributed by atoms with van der Waals surface area (Å²) in [6.07, 6.45) is 3.91. The average Bonchev–Trinajstić information content (AvgIpc) is 3.48. The third-order valence-corrected chi connectivity index (χ3v) is 7.94. The molecule has 10 heteroatoms. The van der Waals surface area contributed by atoms with Gasteiger partial charge < -0.3 is 34.1 Å². The van der Waals surface area contributed by atoms with Crippen LogP contribution in [-0.2, 0) is 0 Å². The first-order valence-electron chi connectivity index (χ1n) is 13.8. The third-order valence-electron chi connectivity index (χ3n) is 7.94. The van der Waals surface area contributed by atoms with Gasteiger partial charge in [-0.3, -0.25) is 14.6 Å². The highest BCUT2D eigenvalue weighted by Crippen LogP contribution is 2.39. The van der Waals surface area contributed by atoms with Gasteiger partial charge >= 0.3 is 0 Å². The van der Waals surface area contributed by atoms with E-state index in [9.17, 15) is 9.59 Å². The van der Waals surface area contributed by atoms with Gasteiger partial charge in [-0.2, -0.15) is 0 Å². The van der Waals surface area contributed by atoms with E-state index in [1.165, 1.54) is 0 Å². The average molecular weight is 559 g/mol. The molecule has 214 valence electrons. The number of nitrogens with zero attached hydrogens (tertiary/aromatic N) is 3. The van der Waals surface area contributed by atoms with Crippen LogP contribution in [0.2, 0.25) is 0 Å². The van der Waals surface area contributed by atoms with Gasteiger partial charge in [0.2, 0.25) is 0 Å². The van der Waals surface area contributed by atoms with Crippen LogP contribution in [0.25, 0.3) is 0 Å². The molecule has 10 nitrogen and oxygen atoms in total. The maximum atomic E-state index is 13.2. The molecule has 2 amide bonds. The van der Waals surface area contributed by atoms with E-state index in [2.05, 4.69) is 23.5 Å². The van der Waals surface area contributed by atoms with Gasteiger partial charge in [0, 0.05) is 44.4 Å². The maximum Gasteiger partial charge on any atom is 0.257 e. The Kier molecular flexibility index (Phi) is 7.07. The summed E-state index contributed by atoms with van der Waals surface area (Å²) in [7, 11) is 3.11. The van der Waals surface area contributed by atoms with E-state index >= 15 is 0 Å². The second-order valence-corrected chi connectivity index (χ2v) is 10.8. The normalized spacial score (nSPS) is 20.9. The molecule has 0 aliphatic carbocycles. The summed E-state index contributed by atoms with van der Waals surface area (Å²) in [5.74, 6) is 1.91. The Hall–Kier alpha value is -4.47. The van der Waals surface area contributed by atoms with Crippen LogP contribution in [0.3, 0.4) is 0 Å². The Morgan fingerprint density at radius 2 is 1.49 bits per heavy atom. The predicted octanol–water partition coefficient (Wildman–Crippen LogP) is 4.23. The van der Waals surface area contributed by atoms with Crippen LogP contribution in [0.5, 0.6) is 23.0 Å². The molecule has 2 atom stereocenters. The molecular formula is C31H34N4O6. The number of benzene rings is 2. The van der Waals surface area contributed by atoms with E-state index in [4.69, 9.17) is 18.9 Å². The molecule has 4 aliphatic rings. The summed E-state index contributed by atoms with van der Waals surface area (Å²) >= 11 is 0. The summed E-state index contributed by atoms with van der Waals surface area (Å²) in [5, 5.41) is 3.40. The number of rotatable bonds is 8. The number of fused-ring (bicyclic) bond motifs is 4. The number of hydrogen-bond acceptors (Lipinski definition) is 8. The smallest absolute Gasteiger partial charge is 0.257 e. The Morgan fingerprint density at radius 1 is 0.854 bits per heavy atom. The molecule has 1 N–H and O–H groups in total. The zero-order valence-corrected chi connectivity index (χ0v) is 23.4. The number of carbonyl (C=O) groups excluding carboxylic acids is 2. The first-order chi connectivity index (χ1) is 19.9. The van der Waals surface area contributed by atoms with Crippen LogP contribution >= 0.6 is 0 Å². The van der Waals surface area contributed by atoms with Crippen molar-refractivity contribution in [3.63, 3.8) is 0 Å². The molecule has 0 radical (unpaired) electrons. The van der Waals surface area contributed by atoms with Gasteiger partial charge in [-0.25, -0.2) is 0 Å². The molecule has 6 rings (SSSR count). The second-order valence-electron chi connectivity index (χ2n) is 10.8. The topological polar surface area (TPSA) is 102 Å². The van der Waals surface area contributed by atoms with E-state index in [-0.39, 0.29) is 23.9 Å². The second kappa shape index (κ2) is 10.8. The van der Waals surface area contributed by atoms with Crippen molar-refractivity contribution in [1.29, 1.82) is 0 Å². The lowest BCUT2D eigenvalue weighted by Crippen LogP contribution is -2.36. The van der Waals surface area contributed by atoms with Gasteiger partial charge in [-0.15, -0.1) is 0 Å². The van der Waals surface area contributed by atoms with E-state index in [1.807, 2.05) is 17.2 Å². The fourth-order valence-corrected chi connectivity index (χ4v) is 5.86. The summed E-state index contributed by atoms with van der Waals surface area (Å²) in [4.78, 5) is 34.6. The fourth-order valence-electron chi connectivity index (χ4n) is 5.86. The maximum absolute atomic E-state index is 13.2. The van der Waals surface area contributed by atoms with Crippen LogP contribution in [0.4, 0.5) is 11.4 Å². The number of aliphatic imine (C=N–C) groups is 1. The lowest BCUT2D eigenvalue weighted by atomic mass is 10.1. The standard InChI is InChI=1S/C31H34N4O6/c1-18-8-20-14-32-24-12-28(26(38-3)10-22(24)30(36)34(20)16-18)40-6-5-7-41-29-13-25-23(11-27(29)39-4)31(37)35-17-19(2)9-21(35)15-33-25/h10-14,20-21,33H,1-2,5-9,15-17H2,3-4H3/t20-,21-/m0/s1. The zero-order valence-electron chi connectivity index (χ0n) is 23.4. The number of nitrogens with one attached hydrogen (secondary N) is 1. The van der Waals surface area contributed by atoms with E-state index < -0.39 is 0 Å². The lowest BCUT2D eigenvalue weighted by molar-refractivity contribution is 0.0750. The van der Waals surface area contributed by atoms with Crippen molar-refractivity contribution < 1.29 is 28.5 Å². The number of methoxy groups -OCH3 is 2. The zero-order chi connectivity index (χ0) is 28.7. The first-order valence-corrected chi connectivity index (χ1v) is 13.8. The van der Waals surface area contributed by atoms with Crippen LogP contribution in [-0.4, -0.2) is 87.0 Å². The number of carbonyl (C=O) groups is 2. The van der Waals surface area contributed by atoms with Crippen molar-refractivity contribution in [1.82, 2.24) is 9.80 Å². The van der Waals surface area contributed by atoms with Crippen molar-refractivity contribution in [2.24, 2.45) is 4.99 Å². The van der Waals surface area contributed by atoms with Gasteiger partial charge in [-0.1, -0.05) is 24.3 Å². The summed E-state index contributed by atoms with van der Waals surface area (Å²) in [6.45, 7) is 10.6. The monoisotopic (exact) mass is 558 g/mol. The molecule has 0 spiro atoms. The number of ether oxygens (including phenoxy) is 4. The third kappa shape index (κ3) is 4.98. The van der Waals surface area contributed by atoms with Crippen molar-refractivity contribution in [2.45, 2.75) is 31.3 Å². The van der Waals surface area contributed by atoms with Crippen LogP contribution < -0.4 is 24.3 Å². The van der Waals surface area contributed by atoms with Gasteiger partial charge in [0.25, 0.3) is 11.8 Å². The highest BCUT2D eigenvalue weighted by molar-refractivity contribution is 6.04. The quantitative estimate of drug-likeness (QED) is 0.382. The van der Waals surface area contributed by atoms with Crippen molar-refractivity contribution in [2.75, 3.05) is 52.4 Å². The molecule has 2 aromatic carbocycles. The molecule has 4 aliphatic heterocycles. The first kappa shape index (κ1) is 26.7. The molecule has 2 aromatic rings. The fraction of sp³-hybridized carbons (Fsp3) is 0.387. The summed E-state index contributed by atoms with van der Waals surface area (Å²) in [6, 6.07) is 7.03. The minimum atomic E-state index is -0.0869. The van der Waals surface area contributed by atoms with Gasteiger partial charge in [0.1, 0.15) is 0 Å². The molecule has 0 bridgehead atoms. The predicted molar refractivity (Wildman–Crippen MR) is 155 cm³/mol. The van der Waals surface area contributed by atoms with E-state index in [1.54, 1.807) is 37.3 Å². The SMILES string of the molecule is C=C1C[C@H]2CNc3cc(OCCCOc4cc5c(cc4OC)C(=O)N4CC(=C)C[C@H]4C=N5)c(OC)cc3C(=O)N2C1. The molecule has 0 saturated carbocycles. The number of amides is 2. The van der Waals surface area contributed by atoms with E-state index in [0.717, 1.165) is 29.7 Å². The minimum absolute atomic E-state index is 0.0292. The summed E-state index contributed by atoms with van der Waals surface area (Å²) in [5.41, 5.74) is 4.43. The van der Waals surface area contributed by atoms with Gasteiger partial charge in [0.15, 0.2) is 23.0 Å². The molecule has 41 heavy (non-hydrogen) atoms. The Labute approximate surface area is 239 Å². The molecule has 0 aromatic heterocycles. The lowest BCUT2D eigenvalue weighted by Gasteiger charge is -2.21. The molecule has 2 fully saturated rings. The van der Waals surface area contributed by atoms with Crippen LogP contribution in [0.15, 0.2) is 53.6 Å². The van der Waals surface area contributed by atoms with Gasteiger partial charge in [-0.05, 0) is 25.0 Å². The molecule has 4 heterocycles. The van der Waals surface area contributed by atoms with E-state index in [0.29, 0.717) is 79.1 Å². The number of hydrogen-bond donors (Lipinski definition) is 1. The minimum Gasteiger partial charge on any atom is -0.493 e. The highest BCUT2D eigenvalue weighted by atomic mass is 16.5. The van der Waals surface area contributed by atoms with Crippen LogP contribution in [0, 0.1) is 0 Å².